The molecule has 0 aromatic heterocycles. The van der Waals surface area contributed by atoms with Gasteiger partial charge in [0, 0.05) is 5.69 Å². The van der Waals surface area contributed by atoms with Crippen LogP contribution in [0.4, 0.5) is 10.5 Å². The number of imide groups is 1. The number of nitrogens with zero attached hydrogens (tertiary/aromatic N) is 1. The third-order valence-corrected chi connectivity index (χ3v) is 3.71. The van der Waals surface area contributed by atoms with Crippen LogP contribution >= 0.6 is 11.8 Å². The predicted octanol–water partition coefficient (Wildman–Crippen LogP) is 0.596. The van der Waals surface area contributed by atoms with E-state index in [9.17, 15) is 14.4 Å². The fraction of sp³-hybridized carbons (Fsp3) is 0.250. The largest absolute Gasteiger partial charge is 0.368 e. The molecule has 1 unspecified atom stereocenters. The summed E-state index contributed by atoms with van der Waals surface area (Å²) in [5.41, 5.74) is 6.83. The summed E-state index contributed by atoms with van der Waals surface area (Å²) in [6.07, 6.45) is 0. The van der Waals surface area contributed by atoms with Crippen LogP contribution in [0.5, 0.6) is 0 Å². The second kappa shape index (κ2) is 5.31. The molecule has 0 bridgehead atoms. The SMILES string of the molecule is Cc1ccccc1N(CC(N)=O)C1SC(=O)NC1=O. The van der Waals surface area contributed by atoms with E-state index in [1.165, 1.54) is 0 Å². The Morgan fingerprint density at radius 2 is 2.11 bits per heavy atom. The Morgan fingerprint density at radius 3 is 2.63 bits per heavy atom. The molecule has 3 amide bonds. The first-order valence-electron chi connectivity index (χ1n) is 5.61. The first-order chi connectivity index (χ1) is 8.99. The highest BCUT2D eigenvalue weighted by Crippen LogP contribution is 2.29. The van der Waals surface area contributed by atoms with Crippen molar-refractivity contribution >= 4 is 34.5 Å². The van der Waals surface area contributed by atoms with Crippen molar-refractivity contribution in [2.24, 2.45) is 5.73 Å². The maximum absolute atomic E-state index is 11.7. The van der Waals surface area contributed by atoms with E-state index in [-0.39, 0.29) is 6.54 Å². The third-order valence-electron chi connectivity index (χ3n) is 2.70. The van der Waals surface area contributed by atoms with Gasteiger partial charge in [0.25, 0.3) is 11.1 Å². The van der Waals surface area contributed by atoms with Crippen LogP contribution in [0.15, 0.2) is 24.3 Å². The summed E-state index contributed by atoms with van der Waals surface area (Å²) in [6.45, 7) is 1.74. The van der Waals surface area contributed by atoms with Gasteiger partial charge in [-0.3, -0.25) is 19.7 Å². The molecule has 1 aliphatic heterocycles. The van der Waals surface area contributed by atoms with Crippen LogP contribution < -0.4 is 16.0 Å². The lowest BCUT2D eigenvalue weighted by Gasteiger charge is -2.28. The van der Waals surface area contributed by atoms with Crippen molar-refractivity contribution in [2.45, 2.75) is 12.3 Å². The summed E-state index contributed by atoms with van der Waals surface area (Å²) < 4.78 is 0. The number of carbonyl (C=O) groups excluding carboxylic acids is 3. The summed E-state index contributed by atoms with van der Waals surface area (Å²) in [5, 5.41) is 1.02. The van der Waals surface area contributed by atoms with Crippen LogP contribution in [0.1, 0.15) is 5.56 Å². The van der Waals surface area contributed by atoms with Gasteiger partial charge in [-0.1, -0.05) is 18.2 Å². The van der Waals surface area contributed by atoms with Gasteiger partial charge in [-0.05, 0) is 30.3 Å². The van der Waals surface area contributed by atoms with Crippen molar-refractivity contribution in [3.05, 3.63) is 29.8 Å². The molecule has 1 aliphatic rings. The van der Waals surface area contributed by atoms with Crippen molar-refractivity contribution in [3.63, 3.8) is 0 Å². The lowest BCUT2D eigenvalue weighted by atomic mass is 10.2. The number of amides is 3. The number of primary amides is 1. The molecule has 0 aliphatic carbocycles. The Hall–Kier alpha value is -2.02. The molecule has 0 radical (unpaired) electrons. The van der Waals surface area contributed by atoms with E-state index in [2.05, 4.69) is 5.32 Å². The Kier molecular flexibility index (Phi) is 3.75. The molecule has 0 spiro atoms. The standard InChI is InChI=1S/C12H13N3O3S/c1-7-4-2-3-5-8(7)15(6-9(13)16)11-10(17)14-12(18)19-11/h2-5,11H,6H2,1H3,(H2,13,16)(H,14,17,18). The van der Waals surface area contributed by atoms with Gasteiger partial charge in [-0.2, -0.15) is 0 Å². The predicted molar refractivity (Wildman–Crippen MR) is 72.6 cm³/mol. The van der Waals surface area contributed by atoms with Crippen molar-refractivity contribution < 1.29 is 14.4 Å². The van der Waals surface area contributed by atoms with Crippen LogP contribution in [0.2, 0.25) is 0 Å². The monoisotopic (exact) mass is 279 g/mol. The summed E-state index contributed by atoms with van der Waals surface area (Å²) >= 11 is 0.846. The Morgan fingerprint density at radius 1 is 1.42 bits per heavy atom. The summed E-state index contributed by atoms with van der Waals surface area (Å²) in [6, 6.07) is 7.31. The Labute approximate surface area is 114 Å². The molecule has 2 rings (SSSR count). The molecule has 1 aromatic carbocycles. The molecule has 100 valence electrons. The molecule has 0 saturated carbocycles. The highest BCUT2D eigenvalue weighted by molar-refractivity contribution is 8.15. The van der Waals surface area contributed by atoms with E-state index in [1.807, 2.05) is 19.1 Å². The topological polar surface area (TPSA) is 92.5 Å². The van der Waals surface area contributed by atoms with E-state index >= 15 is 0 Å². The first kappa shape index (κ1) is 13.4. The second-order valence-electron chi connectivity index (χ2n) is 4.13. The average molecular weight is 279 g/mol. The van der Waals surface area contributed by atoms with E-state index in [0.717, 1.165) is 17.3 Å². The Bertz CT molecular complexity index is 547. The summed E-state index contributed by atoms with van der Waals surface area (Å²) in [7, 11) is 0. The van der Waals surface area contributed by atoms with E-state index < -0.39 is 22.4 Å². The zero-order valence-electron chi connectivity index (χ0n) is 10.3. The van der Waals surface area contributed by atoms with E-state index in [1.54, 1.807) is 17.0 Å². The molecule has 19 heavy (non-hydrogen) atoms. The van der Waals surface area contributed by atoms with Crippen molar-refractivity contribution in [1.29, 1.82) is 0 Å². The van der Waals surface area contributed by atoms with Gasteiger partial charge >= 0.3 is 0 Å². The lowest BCUT2D eigenvalue weighted by molar-refractivity contribution is -0.119. The fourth-order valence-corrected chi connectivity index (χ4v) is 2.74. The number of hydrogen-bond donors (Lipinski definition) is 2. The molecular weight excluding hydrogens is 266 g/mol. The first-order valence-corrected chi connectivity index (χ1v) is 6.49. The van der Waals surface area contributed by atoms with Crippen LogP contribution in [0.25, 0.3) is 0 Å². The molecule has 6 nitrogen and oxygen atoms in total. The quantitative estimate of drug-likeness (QED) is 0.841. The number of para-hydroxylation sites is 1. The zero-order valence-corrected chi connectivity index (χ0v) is 11.1. The lowest BCUT2D eigenvalue weighted by Crippen LogP contribution is -2.44. The number of aryl methyl sites for hydroxylation is 1. The van der Waals surface area contributed by atoms with Crippen LogP contribution in [0, 0.1) is 6.92 Å². The van der Waals surface area contributed by atoms with Crippen LogP contribution in [-0.4, -0.2) is 29.0 Å². The highest BCUT2D eigenvalue weighted by atomic mass is 32.2. The van der Waals surface area contributed by atoms with Crippen molar-refractivity contribution in [3.8, 4) is 0 Å². The van der Waals surface area contributed by atoms with E-state index in [0.29, 0.717) is 5.69 Å². The molecule has 1 aromatic rings. The number of hydrogen-bond acceptors (Lipinski definition) is 5. The van der Waals surface area contributed by atoms with Crippen molar-refractivity contribution in [1.82, 2.24) is 5.32 Å². The third kappa shape index (κ3) is 2.87. The molecule has 1 atom stereocenters. The minimum atomic E-state index is -0.763. The smallest absolute Gasteiger partial charge is 0.288 e. The average Bonchev–Trinajstić information content (AvgIpc) is 2.66. The van der Waals surface area contributed by atoms with Gasteiger partial charge in [0.05, 0.1) is 6.54 Å². The van der Waals surface area contributed by atoms with Gasteiger partial charge in [0.1, 0.15) is 0 Å². The molecule has 1 fully saturated rings. The zero-order chi connectivity index (χ0) is 14.0. The van der Waals surface area contributed by atoms with Gasteiger partial charge in [-0.25, -0.2) is 0 Å². The van der Waals surface area contributed by atoms with E-state index in [4.69, 9.17) is 5.73 Å². The molecular formula is C12H13N3O3S. The number of rotatable bonds is 4. The van der Waals surface area contributed by atoms with Gasteiger partial charge in [0.15, 0.2) is 5.37 Å². The number of thioether (sulfide) groups is 1. The maximum Gasteiger partial charge on any atom is 0.288 e. The maximum atomic E-state index is 11.7. The number of benzene rings is 1. The molecule has 1 heterocycles. The van der Waals surface area contributed by atoms with Gasteiger partial charge in [0.2, 0.25) is 5.91 Å². The second-order valence-corrected chi connectivity index (χ2v) is 5.18. The van der Waals surface area contributed by atoms with Gasteiger partial charge in [-0.15, -0.1) is 0 Å². The molecule has 1 saturated heterocycles. The van der Waals surface area contributed by atoms with Gasteiger partial charge < -0.3 is 10.6 Å². The van der Waals surface area contributed by atoms with Crippen LogP contribution in [0.3, 0.4) is 0 Å². The molecule has 7 heteroatoms. The normalized spacial score (nSPS) is 18.3. The summed E-state index contributed by atoms with van der Waals surface area (Å²) in [4.78, 5) is 35.7. The van der Waals surface area contributed by atoms with Crippen molar-refractivity contribution in [2.75, 3.05) is 11.4 Å². The number of carbonyl (C=O) groups is 3. The fourth-order valence-electron chi connectivity index (χ4n) is 1.90. The number of nitrogens with two attached hydrogens (primary N) is 1. The number of anilines is 1. The minimum absolute atomic E-state index is 0.122. The van der Waals surface area contributed by atoms with Crippen LogP contribution in [-0.2, 0) is 9.59 Å². The summed E-state index contributed by atoms with van der Waals surface area (Å²) in [5.74, 6) is -0.990. The minimum Gasteiger partial charge on any atom is -0.368 e. The highest BCUT2D eigenvalue weighted by Gasteiger charge is 2.37. The Balaban J connectivity index is 2.36. The molecule has 3 N–H and O–H groups in total. The number of nitrogens with one attached hydrogen (secondary N) is 1.